The van der Waals surface area contributed by atoms with Crippen molar-refractivity contribution in [3.05, 3.63) is 78.2 Å². The molecule has 10 heteroatoms. The number of aromatic nitrogens is 4. The van der Waals surface area contributed by atoms with Crippen LogP contribution in [0.2, 0.25) is 0 Å². The first-order chi connectivity index (χ1) is 17.1. The van der Waals surface area contributed by atoms with Crippen LogP contribution in [0.1, 0.15) is 32.0 Å². The first kappa shape index (κ1) is 25.1. The van der Waals surface area contributed by atoms with Crippen LogP contribution < -0.4 is 14.2 Å². The lowest BCUT2D eigenvalue weighted by Crippen LogP contribution is -2.17. The lowest BCUT2D eigenvalue weighted by molar-refractivity contribution is 0.377. The monoisotopic (exact) mass is 505 g/mol. The van der Waals surface area contributed by atoms with E-state index in [1.54, 1.807) is 73.9 Å². The van der Waals surface area contributed by atoms with Gasteiger partial charge in [-0.05, 0) is 48.2 Å². The molecule has 1 N–H and O–H groups in total. The highest BCUT2D eigenvalue weighted by Crippen LogP contribution is 2.37. The highest BCUT2D eigenvalue weighted by atomic mass is 32.2. The lowest BCUT2D eigenvalue weighted by Gasteiger charge is -2.19. The van der Waals surface area contributed by atoms with Crippen molar-refractivity contribution in [3.8, 4) is 28.9 Å². The highest BCUT2D eigenvalue weighted by molar-refractivity contribution is 7.92. The van der Waals surface area contributed by atoms with Crippen molar-refractivity contribution in [2.24, 2.45) is 0 Å². The third kappa shape index (κ3) is 5.44. The summed E-state index contributed by atoms with van der Waals surface area (Å²) in [5, 5.41) is 0. The molecule has 0 bridgehead atoms. The molecule has 9 nitrogen and oxygen atoms in total. The average Bonchev–Trinajstić information content (AvgIpc) is 2.86. The predicted molar refractivity (Wildman–Crippen MR) is 137 cm³/mol. The van der Waals surface area contributed by atoms with Crippen molar-refractivity contribution in [1.82, 2.24) is 19.9 Å². The van der Waals surface area contributed by atoms with E-state index in [0.29, 0.717) is 17.2 Å². The summed E-state index contributed by atoms with van der Waals surface area (Å²) in [4.78, 5) is 17.4. The Kier molecular flexibility index (Phi) is 6.89. The molecular formula is C26H27N5O4S. The van der Waals surface area contributed by atoms with Gasteiger partial charge in [0.25, 0.3) is 10.0 Å². The summed E-state index contributed by atoms with van der Waals surface area (Å²) in [6, 6.07) is 15.4. The summed E-state index contributed by atoms with van der Waals surface area (Å²) < 4.78 is 40.8. The van der Waals surface area contributed by atoms with E-state index in [2.05, 4.69) is 45.4 Å². The van der Waals surface area contributed by atoms with E-state index < -0.39 is 10.0 Å². The normalized spacial score (nSPS) is 11.7. The molecule has 0 aliphatic heterocycles. The Bertz CT molecular complexity index is 1470. The zero-order valence-electron chi connectivity index (χ0n) is 20.7. The Hall–Kier alpha value is -4.05. The minimum absolute atomic E-state index is 0.0456. The van der Waals surface area contributed by atoms with E-state index in [-0.39, 0.29) is 33.5 Å². The molecule has 36 heavy (non-hydrogen) atoms. The molecule has 2 aromatic carbocycles. The van der Waals surface area contributed by atoms with E-state index >= 15 is 0 Å². The Balaban J connectivity index is 1.79. The number of aryl methyl sites for hydroxylation is 1. The smallest absolute Gasteiger partial charge is 0.263 e. The fourth-order valence-corrected chi connectivity index (χ4v) is 4.41. The van der Waals surface area contributed by atoms with Gasteiger partial charge < -0.3 is 9.47 Å². The van der Waals surface area contributed by atoms with E-state index in [4.69, 9.17) is 9.47 Å². The van der Waals surface area contributed by atoms with Gasteiger partial charge in [-0.3, -0.25) is 4.72 Å². The molecule has 0 radical (unpaired) electrons. The number of nitrogens with one attached hydrogen (secondary N) is 1. The van der Waals surface area contributed by atoms with Gasteiger partial charge in [-0.1, -0.05) is 45.0 Å². The molecule has 0 saturated carbocycles. The van der Waals surface area contributed by atoms with Crippen LogP contribution in [-0.2, 0) is 15.4 Å². The first-order valence-corrected chi connectivity index (χ1v) is 12.7. The number of hydrogen-bond donors (Lipinski definition) is 1. The van der Waals surface area contributed by atoms with Crippen molar-refractivity contribution in [2.45, 2.75) is 38.0 Å². The van der Waals surface area contributed by atoms with Crippen LogP contribution in [0.15, 0.2) is 71.9 Å². The van der Waals surface area contributed by atoms with Crippen LogP contribution >= 0.6 is 0 Å². The molecule has 2 aromatic heterocycles. The number of ether oxygens (including phenoxy) is 2. The average molecular weight is 506 g/mol. The fraction of sp³-hybridized carbons (Fsp3) is 0.231. The van der Waals surface area contributed by atoms with E-state index in [1.807, 2.05) is 0 Å². The summed E-state index contributed by atoms with van der Waals surface area (Å²) in [6.45, 7) is 7.88. The summed E-state index contributed by atoms with van der Waals surface area (Å²) in [7, 11) is -2.49. The zero-order chi connectivity index (χ0) is 25.9. The maximum absolute atomic E-state index is 13.4. The van der Waals surface area contributed by atoms with Gasteiger partial charge in [0.2, 0.25) is 0 Å². The molecule has 0 spiro atoms. The molecule has 0 unspecified atom stereocenters. The molecule has 186 valence electrons. The topological polar surface area (TPSA) is 116 Å². The van der Waals surface area contributed by atoms with Gasteiger partial charge in [0, 0.05) is 12.4 Å². The van der Waals surface area contributed by atoms with Gasteiger partial charge in [0.15, 0.2) is 34.7 Å². The van der Waals surface area contributed by atoms with Gasteiger partial charge in [0.05, 0.1) is 17.7 Å². The predicted octanol–water partition coefficient (Wildman–Crippen LogP) is 5.14. The van der Waals surface area contributed by atoms with Gasteiger partial charge in [-0.25, -0.2) is 28.4 Å². The Morgan fingerprint density at radius 3 is 2.08 bits per heavy atom. The molecule has 2 heterocycles. The standard InChI is InChI=1S/C26H27N5O4S/c1-17-22(35-21-10-7-6-9-20(21)34-5)23(30-25(29-17)24-27-15-8-16-28-24)31-36(32,33)19-13-11-18(12-14-19)26(2,3)4/h6-16H,1-5H3,(H,29,30,31). The number of sulfonamides is 1. The summed E-state index contributed by atoms with van der Waals surface area (Å²) >= 11 is 0. The molecule has 0 saturated heterocycles. The number of benzene rings is 2. The number of rotatable bonds is 7. The maximum atomic E-state index is 13.4. The maximum Gasteiger partial charge on any atom is 0.263 e. The van der Waals surface area contributed by atoms with Gasteiger partial charge in [-0.2, -0.15) is 0 Å². The SMILES string of the molecule is COc1ccccc1Oc1c(C)nc(-c2ncccn2)nc1NS(=O)(=O)c1ccc(C(C)(C)C)cc1. The van der Waals surface area contributed by atoms with Crippen LogP contribution in [-0.4, -0.2) is 35.5 Å². The van der Waals surface area contributed by atoms with Crippen molar-refractivity contribution in [1.29, 1.82) is 0 Å². The molecule has 4 aromatic rings. The second-order valence-corrected chi connectivity index (χ2v) is 10.7. The number of para-hydroxylation sites is 2. The van der Waals surface area contributed by atoms with Crippen molar-refractivity contribution >= 4 is 15.8 Å². The number of nitrogens with zero attached hydrogens (tertiary/aromatic N) is 4. The third-order valence-electron chi connectivity index (χ3n) is 5.34. The first-order valence-electron chi connectivity index (χ1n) is 11.2. The third-order valence-corrected chi connectivity index (χ3v) is 6.70. The summed E-state index contributed by atoms with van der Waals surface area (Å²) in [6.07, 6.45) is 3.11. The Morgan fingerprint density at radius 2 is 1.47 bits per heavy atom. The minimum Gasteiger partial charge on any atom is -0.493 e. The molecule has 0 fully saturated rings. The summed E-state index contributed by atoms with van der Waals surface area (Å²) in [5.41, 5.74) is 1.29. The van der Waals surface area contributed by atoms with Gasteiger partial charge in [0.1, 0.15) is 0 Å². The van der Waals surface area contributed by atoms with Gasteiger partial charge >= 0.3 is 0 Å². The molecule has 0 atom stereocenters. The van der Waals surface area contributed by atoms with Crippen LogP contribution in [0.4, 0.5) is 5.82 Å². The zero-order valence-corrected chi connectivity index (χ0v) is 21.5. The largest absolute Gasteiger partial charge is 0.493 e. The Morgan fingerprint density at radius 1 is 0.833 bits per heavy atom. The van der Waals surface area contributed by atoms with Crippen molar-refractivity contribution < 1.29 is 17.9 Å². The van der Waals surface area contributed by atoms with Crippen LogP contribution in [0.25, 0.3) is 11.6 Å². The fourth-order valence-electron chi connectivity index (χ4n) is 3.40. The molecule has 4 rings (SSSR count). The van der Waals surface area contributed by atoms with Gasteiger partial charge in [-0.15, -0.1) is 0 Å². The quantitative estimate of drug-likeness (QED) is 0.367. The van der Waals surface area contributed by atoms with E-state index in [1.165, 1.54) is 7.11 Å². The van der Waals surface area contributed by atoms with Crippen molar-refractivity contribution in [3.63, 3.8) is 0 Å². The number of methoxy groups -OCH3 is 1. The van der Waals surface area contributed by atoms with Crippen molar-refractivity contribution in [2.75, 3.05) is 11.8 Å². The second kappa shape index (κ2) is 9.90. The summed E-state index contributed by atoms with van der Waals surface area (Å²) in [5.74, 6) is 1.34. The molecule has 0 aliphatic carbocycles. The lowest BCUT2D eigenvalue weighted by atomic mass is 9.87. The van der Waals surface area contributed by atoms with Crippen LogP contribution in [0.5, 0.6) is 17.2 Å². The van der Waals surface area contributed by atoms with E-state index in [9.17, 15) is 8.42 Å². The molecule has 0 amide bonds. The number of hydrogen-bond acceptors (Lipinski definition) is 8. The van der Waals surface area contributed by atoms with E-state index in [0.717, 1.165) is 5.56 Å². The second-order valence-electron chi connectivity index (χ2n) is 9.02. The highest BCUT2D eigenvalue weighted by Gasteiger charge is 2.24. The Labute approximate surface area is 210 Å². The minimum atomic E-state index is -4.01. The van der Waals surface area contributed by atoms with Crippen LogP contribution in [0, 0.1) is 6.92 Å². The molecular weight excluding hydrogens is 478 g/mol. The number of anilines is 1. The van der Waals surface area contributed by atoms with Crippen LogP contribution in [0.3, 0.4) is 0 Å². The molecule has 0 aliphatic rings.